The summed E-state index contributed by atoms with van der Waals surface area (Å²) in [6, 6.07) is 18.8. The van der Waals surface area contributed by atoms with Crippen molar-refractivity contribution in [3.8, 4) is 11.4 Å². The van der Waals surface area contributed by atoms with Gasteiger partial charge in [0.25, 0.3) is 0 Å². The van der Waals surface area contributed by atoms with Crippen molar-refractivity contribution in [1.29, 1.82) is 0 Å². The van der Waals surface area contributed by atoms with Gasteiger partial charge in [0, 0.05) is 41.9 Å². The topological polar surface area (TPSA) is 26.6 Å². The zero-order valence-corrected chi connectivity index (χ0v) is 14.6. The van der Waals surface area contributed by atoms with Crippen LogP contribution >= 0.6 is 0 Å². The number of anilines is 1. The second kappa shape index (κ2) is 6.65. The molecular formula is C21H22N2O2. The summed E-state index contributed by atoms with van der Waals surface area (Å²) in [5.74, 6) is 0.861. The van der Waals surface area contributed by atoms with Crippen molar-refractivity contribution in [3.63, 3.8) is 0 Å². The Kier molecular flexibility index (Phi) is 4.20. The molecule has 1 fully saturated rings. The minimum atomic E-state index is -0.0706. The van der Waals surface area contributed by atoms with E-state index in [9.17, 15) is 0 Å². The van der Waals surface area contributed by atoms with E-state index in [1.807, 2.05) is 12.1 Å². The number of aryl methyl sites for hydroxylation is 1. The Morgan fingerprint density at radius 2 is 1.88 bits per heavy atom. The van der Waals surface area contributed by atoms with Gasteiger partial charge in [-0.25, -0.2) is 0 Å². The maximum atomic E-state index is 6.02. The van der Waals surface area contributed by atoms with Crippen LogP contribution in [0.3, 0.4) is 0 Å². The van der Waals surface area contributed by atoms with Crippen molar-refractivity contribution in [2.24, 2.45) is 0 Å². The van der Waals surface area contributed by atoms with E-state index >= 15 is 0 Å². The molecule has 128 valence electrons. The van der Waals surface area contributed by atoms with Crippen molar-refractivity contribution in [1.82, 2.24) is 4.57 Å². The number of ether oxygens (including phenoxy) is 2. The number of benzene rings is 2. The Morgan fingerprint density at radius 1 is 1.04 bits per heavy atom. The summed E-state index contributed by atoms with van der Waals surface area (Å²) in [4.78, 5) is 2.28. The fourth-order valence-corrected chi connectivity index (χ4v) is 3.24. The average molecular weight is 334 g/mol. The van der Waals surface area contributed by atoms with Crippen molar-refractivity contribution in [2.75, 3.05) is 25.2 Å². The molecule has 0 bridgehead atoms. The smallest absolute Gasteiger partial charge is 0.158 e. The molecule has 25 heavy (non-hydrogen) atoms. The Balaban J connectivity index is 1.61. The highest BCUT2D eigenvalue weighted by atomic mass is 16.5. The predicted octanol–water partition coefficient (Wildman–Crippen LogP) is 4.33. The van der Waals surface area contributed by atoms with Crippen LogP contribution in [0.15, 0.2) is 67.0 Å². The molecular weight excluding hydrogens is 312 g/mol. The normalized spacial score (nSPS) is 17.0. The molecule has 2 aromatic carbocycles. The van der Waals surface area contributed by atoms with Gasteiger partial charge in [0.15, 0.2) is 6.23 Å². The van der Waals surface area contributed by atoms with Gasteiger partial charge in [0.2, 0.25) is 0 Å². The Labute approximate surface area is 148 Å². The first-order valence-corrected chi connectivity index (χ1v) is 8.52. The van der Waals surface area contributed by atoms with E-state index in [1.54, 1.807) is 7.11 Å². The lowest BCUT2D eigenvalue weighted by molar-refractivity contribution is 0.114. The first-order valence-electron chi connectivity index (χ1n) is 8.52. The summed E-state index contributed by atoms with van der Waals surface area (Å²) in [5, 5.41) is 0. The van der Waals surface area contributed by atoms with Gasteiger partial charge in [-0.1, -0.05) is 23.8 Å². The van der Waals surface area contributed by atoms with Crippen LogP contribution < -0.4 is 9.64 Å². The van der Waals surface area contributed by atoms with Crippen LogP contribution in [-0.2, 0) is 4.74 Å². The summed E-state index contributed by atoms with van der Waals surface area (Å²) in [6.07, 6.45) is 4.16. The van der Waals surface area contributed by atoms with Gasteiger partial charge < -0.3 is 18.9 Å². The minimum Gasteiger partial charge on any atom is -0.497 e. The maximum absolute atomic E-state index is 6.02. The molecule has 4 nitrogen and oxygen atoms in total. The number of methoxy groups -OCH3 is 1. The molecule has 1 atom stereocenters. The molecule has 1 aliphatic heterocycles. The van der Waals surface area contributed by atoms with Gasteiger partial charge in [0.1, 0.15) is 5.75 Å². The average Bonchev–Trinajstić information content (AvgIpc) is 3.31. The Bertz CT molecular complexity index is 854. The molecule has 0 N–H and O–H groups in total. The van der Waals surface area contributed by atoms with Gasteiger partial charge in [-0.3, -0.25) is 0 Å². The number of aromatic nitrogens is 1. The van der Waals surface area contributed by atoms with E-state index in [0.717, 1.165) is 35.8 Å². The second-order valence-corrected chi connectivity index (χ2v) is 6.31. The van der Waals surface area contributed by atoms with Crippen LogP contribution in [0.1, 0.15) is 17.4 Å². The van der Waals surface area contributed by atoms with Crippen molar-refractivity contribution >= 4 is 5.69 Å². The fraction of sp³-hybridized carbons (Fsp3) is 0.238. The predicted molar refractivity (Wildman–Crippen MR) is 99.5 cm³/mol. The molecule has 1 aromatic heterocycles. The molecule has 4 rings (SSSR count). The second-order valence-electron chi connectivity index (χ2n) is 6.31. The molecule has 1 aliphatic rings. The molecule has 0 unspecified atom stereocenters. The van der Waals surface area contributed by atoms with Crippen LogP contribution in [0.2, 0.25) is 0 Å². The van der Waals surface area contributed by atoms with Crippen LogP contribution in [0.5, 0.6) is 5.75 Å². The van der Waals surface area contributed by atoms with Crippen molar-refractivity contribution in [2.45, 2.75) is 13.2 Å². The zero-order valence-electron chi connectivity index (χ0n) is 14.6. The van der Waals surface area contributed by atoms with Crippen LogP contribution in [0.4, 0.5) is 5.69 Å². The van der Waals surface area contributed by atoms with Crippen LogP contribution in [0, 0.1) is 6.92 Å². The highest BCUT2D eigenvalue weighted by molar-refractivity contribution is 5.53. The quantitative estimate of drug-likeness (QED) is 0.710. The Hall–Kier alpha value is -2.72. The van der Waals surface area contributed by atoms with Gasteiger partial charge in [-0.15, -0.1) is 0 Å². The van der Waals surface area contributed by atoms with Crippen LogP contribution in [0.25, 0.3) is 5.69 Å². The van der Waals surface area contributed by atoms with Crippen molar-refractivity contribution in [3.05, 3.63) is 78.1 Å². The minimum absolute atomic E-state index is 0.0706. The molecule has 4 heteroatoms. The van der Waals surface area contributed by atoms with Gasteiger partial charge in [-0.2, -0.15) is 0 Å². The standard InChI is InChI=1S/C21H22N2O2/c1-16-6-8-18(9-7-16)22-11-10-17(15-22)21-23(12-13-25-21)19-4-3-5-20(14-19)24-2/h3-11,14-15,21H,12-13H2,1-2H3/t21-/m0/s1. The van der Waals surface area contributed by atoms with E-state index in [4.69, 9.17) is 9.47 Å². The number of nitrogens with zero attached hydrogens (tertiary/aromatic N) is 2. The third-order valence-electron chi connectivity index (χ3n) is 4.61. The molecule has 0 amide bonds. The SMILES string of the molecule is COc1cccc(N2CCO[C@H]2c2ccn(-c3ccc(C)cc3)c2)c1. The third-order valence-corrected chi connectivity index (χ3v) is 4.61. The van der Waals surface area contributed by atoms with Gasteiger partial charge >= 0.3 is 0 Å². The lowest BCUT2D eigenvalue weighted by atomic mass is 10.2. The number of hydrogen-bond donors (Lipinski definition) is 0. The van der Waals surface area contributed by atoms with E-state index in [0.29, 0.717) is 0 Å². The monoisotopic (exact) mass is 334 g/mol. The summed E-state index contributed by atoms with van der Waals surface area (Å²) in [6.45, 7) is 3.69. The van der Waals surface area contributed by atoms with E-state index in [2.05, 4.69) is 71.2 Å². The lowest BCUT2D eigenvalue weighted by Gasteiger charge is -2.25. The Morgan fingerprint density at radius 3 is 2.68 bits per heavy atom. The molecule has 3 aromatic rings. The molecule has 1 saturated heterocycles. The molecule has 0 radical (unpaired) electrons. The first-order chi connectivity index (χ1) is 12.2. The number of hydrogen-bond acceptors (Lipinski definition) is 3. The number of rotatable bonds is 4. The van der Waals surface area contributed by atoms with E-state index < -0.39 is 0 Å². The largest absolute Gasteiger partial charge is 0.497 e. The zero-order chi connectivity index (χ0) is 17.2. The summed E-state index contributed by atoms with van der Waals surface area (Å²) < 4.78 is 13.5. The summed E-state index contributed by atoms with van der Waals surface area (Å²) >= 11 is 0. The van der Waals surface area contributed by atoms with E-state index in [1.165, 1.54) is 5.56 Å². The highest BCUT2D eigenvalue weighted by Crippen LogP contribution is 2.34. The van der Waals surface area contributed by atoms with Gasteiger partial charge in [0.05, 0.1) is 13.7 Å². The maximum Gasteiger partial charge on any atom is 0.158 e. The molecule has 0 saturated carbocycles. The molecule has 2 heterocycles. The fourth-order valence-electron chi connectivity index (χ4n) is 3.24. The lowest BCUT2D eigenvalue weighted by Crippen LogP contribution is -2.22. The third kappa shape index (κ3) is 3.13. The first kappa shape index (κ1) is 15.8. The van der Waals surface area contributed by atoms with Gasteiger partial charge in [-0.05, 0) is 37.3 Å². The van der Waals surface area contributed by atoms with Crippen molar-refractivity contribution < 1.29 is 9.47 Å². The van der Waals surface area contributed by atoms with Crippen LogP contribution in [-0.4, -0.2) is 24.8 Å². The highest BCUT2D eigenvalue weighted by Gasteiger charge is 2.28. The molecule has 0 aliphatic carbocycles. The summed E-state index contributed by atoms with van der Waals surface area (Å²) in [5.41, 5.74) is 4.69. The van der Waals surface area contributed by atoms with E-state index in [-0.39, 0.29) is 6.23 Å². The molecule has 0 spiro atoms. The summed E-state index contributed by atoms with van der Waals surface area (Å²) in [7, 11) is 1.69.